The van der Waals surface area contributed by atoms with Gasteiger partial charge in [0.15, 0.2) is 0 Å². The number of nitrogens with two attached hydrogens (primary N) is 1. The van der Waals surface area contributed by atoms with Crippen molar-refractivity contribution in [3.63, 3.8) is 0 Å². The van der Waals surface area contributed by atoms with Gasteiger partial charge in [-0.15, -0.1) is 0 Å². The van der Waals surface area contributed by atoms with Gasteiger partial charge < -0.3 is 10.8 Å². The first-order valence-electron chi connectivity index (χ1n) is 4.19. The zero-order valence-corrected chi connectivity index (χ0v) is 8.23. The second kappa shape index (κ2) is 6.95. The molecule has 0 spiro atoms. The fourth-order valence-corrected chi connectivity index (χ4v) is 1.84. The number of hydrogen-bond acceptors (Lipinski definition) is 3. The van der Waals surface area contributed by atoms with Gasteiger partial charge >= 0.3 is 0 Å². The summed E-state index contributed by atoms with van der Waals surface area (Å²) < 4.78 is 0. The largest absolute Gasteiger partial charge is 0.379 e. The van der Waals surface area contributed by atoms with E-state index in [1.165, 1.54) is 18.6 Å². The lowest BCUT2D eigenvalue weighted by Crippen LogP contribution is -2.28. The fourth-order valence-electron chi connectivity index (χ4n) is 0.614. The summed E-state index contributed by atoms with van der Waals surface area (Å²) in [5, 5.41) is 8.94. The third kappa shape index (κ3) is 6.66. The quantitative estimate of drug-likeness (QED) is 0.476. The summed E-state index contributed by atoms with van der Waals surface area (Å²) in [6, 6.07) is 0. The molecule has 0 heterocycles. The molecule has 68 valence electrons. The Balaban J connectivity index is 3.10. The summed E-state index contributed by atoms with van der Waals surface area (Å²) in [6.07, 6.45) is 1.86. The van der Waals surface area contributed by atoms with Gasteiger partial charge in [0.05, 0.1) is 0 Å². The molecule has 2 nitrogen and oxygen atoms in total. The molecule has 0 aliphatic heterocycles. The molecule has 2 unspecified atom stereocenters. The maximum absolute atomic E-state index is 8.94. The van der Waals surface area contributed by atoms with Gasteiger partial charge in [0, 0.05) is 5.92 Å². The highest BCUT2D eigenvalue weighted by atomic mass is 32.2. The van der Waals surface area contributed by atoms with E-state index in [1.54, 1.807) is 0 Å². The molecule has 0 aliphatic rings. The van der Waals surface area contributed by atoms with Gasteiger partial charge in [-0.2, -0.15) is 11.8 Å². The summed E-state index contributed by atoms with van der Waals surface area (Å²) in [7, 11) is 0. The van der Waals surface area contributed by atoms with Crippen molar-refractivity contribution in [2.24, 2.45) is 11.7 Å². The zero-order chi connectivity index (χ0) is 8.69. The first-order valence-corrected chi connectivity index (χ1v) is 5.35. The lowest BCUT2D eigenvalue weighted by atomic mass is 10.2. The summed E-state index contributed by atoms with van der Waals surface area (Å²) in [5.74, 6) is 2.38. The number of hydrogen-bond donors (Lipinski definition) is 2. The molecule has 0 saturated carbocycles. The van der Waals surface area contributed by atoms with Crippen LogP contribution in [-0.2, 0) is 0 Å². The highest BCUT2D eigenvalue weighted by molar-refractivity contribution is 7.99. The molecule has 0 bridgehead atoms. The lowest BCUT2D eigenvalue weighted by molar-refractivity contribution is 0.134. The molecule has 2 atom stereocenters. The molecule has 3 N–H and O–H groups in total. The van der Waals surface area contributed by atoms with Gasteiger partial charge in [-0.25, -0.2) is 0 Å². The van der Waals surface area contributed by atoms with Crippen LogP contribution < -0.4 is 5.73 Å². The van der Waals surface area contributed by atoms with E-state index >= 15 is 0 Å². The molecule has 0 aromatic rings. The van der Waals surface area contributed by atoms with Crippen molar-refractivity contribution in [3.8, 4) is 0 Å². The molecule has 0 fully saturated rings. The minimum Gasteiger partial charge on any atom is -0.379 e. The number of rotatable bonds is 6. The van der Waals surface area contributed by atoms with Crippen molar-refractivity contribution < 1.29 is 5.11 Å². The van der Waals surface area contributed by atoms with Crippen LogP contribution in [0.5, 0.6) is 0 Å². The van der Waals surface area contributed by atoms with Gasteiger partial charge in [0.25, 0.3) is 0 Å². The molecule has 0 rings (SSSR count). The van der Waals surface area contributed by atoms with Crippen molar-refractivity contribution >= 4 is 11.8 Å². The van der Waals surface area contributed by atoms with E-state index < -0.39 is 6.23 Å². The third-order valence-corrected chi connectivity index (χ3v) is 2.94. The van der Waals surface area contributed by atoms with Crippen LogP contribution in [0.3, 0.4) is 0 Å². The number of aliphatic hydroxyl groups excluding tert-OH is 1. The minimum absolute atomic E-state index is 0.219. The maximum Gasteiger partial charge on any atom is 0.105 e. The van der Waals surface area contributed by atoms with E-state index in [4.69, 9.17) is 10.8 Å². The monoisotopic (exact) mass is 177 g/mol. The van der Waals surface area contributed by atoms with Gasteiger partial charge in [0.2, 0.25) is 0 Å². The highest BCUT2D eigenvalue weighted by Crippen LogP contribution is 2.11. The predicted octanol–water partition coefficient (Wildman–Crippen LogP) is 1.43. The van der Waals surface area contributed by atoms with Crippen LogP contribution in [-0.4, -0.2) is 22.8 Å². The van der Waals surface area contributed by atoms with Gasteiger partial charge in [-0.3, -0.25) is 0 Å². The first-order chi connectivity index (χ1) is 5.18. The van der Waals surface area contributed by atoms with Crippen LogP contribution in [0.4, 0.5) is 0 Å². The predicted molar refractivity (Wildman–Crippen MR) is 51.6 cm³/mol. The van der Waals surface area contributed by atoms with Gasteiger partial charge in [-0.05, 0) is 17.9 Å². The summed E-state index contributed by atoms with van der Waals surface area (Å²) in [4.78, 5) is 0. The molecule has 0 aliphatic carbocycles. The van der Waals surface area contributed by atoms with Gasteiger partial charge in [0.1, 0.15) is 6.23 Å². The normalized spacial score (nSPS) is 16.4. The summed E-state index contributed by atoms with van der Waals surface area (Å²) >= 11 is 1.87. The van der Waals surface area contributed by atoms with Crippen molar-refractivity contribution in [2.45, 2.75) is 32.9 Å². The maximum atomic E-state index is 8.94. The van der Waals surface area contributed by atoms with Crippen LogP contribution in [0, 0.1) is 5.92 Å². The molecule has 0 saturated heterocycles. The van der Waals surface area contributed by atoms with E-state index in [-0.39, 0.29) is 5.92 Å². The van der Waals surface area contributed by atoms with Crippen LogP contribution in [0.1, 0.15) is 26.7 Å². The Morgan fingerprint density at radius 1 is 1.55 bits per heavy atom. The van der Waals surface area contributed by atoms with Crippen LogP contribution in [0.15, 0.2) is 0 Å². The second-order valence-electron chi connectivity index (χ2n) is 2.90. The average Bonchev–Trinajstić information content (AvgIpc) is 1.97. The van der Waals surface area contributed by atoms with E-state index in [2.05, 4.69) is 6.92 Å². The summed E-state index contributed by atoms with van der Waals surface area (Å²) in [6.45, 7) is 4.16. The van der Waals surface area contributed by atoms with Crippen molar-refractivity contribution in [1.29, 1.82) is 0 Å². The molecule has 0 aromatic carbocycles. The SMILES string of the molecule is CCCCSCC(C)C(N)O. The standard InChI is InChI=1S/C8H19NOS/c1-3-4-5-11-6-7(2)8(9)10/h7-8,10H,3-6,9H2,1-2H3. The topological polar surface area (TPSA) is 46.2 Å². The Morgan fingerprint density at radius 2 is 2.18 bits per heavy atom. The van der Waals surface area contributed by atoms with E-state index in [0.29, 0.717) is 0 Å². The molecule has 0 radical (unpaired) electrons. The van der Waals surface area contributed by atoms with E-state index in [9.17, 15) is 0 Å². The molecular weight excluding hydrogens is 158 g/mol. The Kier molecular flexibility index (Phi) is 7.12. The zero-order valence-electron chi connectivity index (χ0n) is 7.42. The minimum atomic E-state index is -0.649. The number of aliphatic hydroxyl groups is 1. The fraction of sp³-hybridized carbons (Fsp3) is 1.00. The molecule has 0 amide bonds. The molecular formula is C8H19NOS. The number of thioether (sulfide) groups is 1. The Hall–Kier alpha value is 0.270. The molecule has 3 heteroatoms. The number of unbranched alkanes of at least 4 members (excludes halogenated alkanes) is 1. The highest BCUT2D eigenvalue weighted by Gasteiger charge is 2.07. The lowest BCUT2D eigenvalue weighted by Gasteiger charge is -2.13. The Labute approximate surface area is 73.6 Å². The smallest absolute Gasteiger partial charge is 0.105 e. The first kappa shape index (κ1) is 11.3. The summed E-state index contributed by atoms with van der Waals surface area (Å²) in [5.41, 5.74) is 5.29. The van der Waals surface area contributed by atoms with Crippen LogP contribution >= 0.6 is 11.8 Å². The second-order valence-corrected chi connectivity index (χ2v) is 4.05. The Morgan fingerprint density at radius 3 is 2.64 bits per heavy atom. The van der Waals surface area contributed by atoms with E-state index in [0.717, 1.165) is 5.75 Å². The van der Waals surface area contributed by atoms with Gasteiger partial charge in [-0.1, -0.05) is 20.3 Å². The molecule has 0 aromatic heterocycles. The third-order valence-electron chi connectivity index (χ3n) is 1.61. The van der Waals surface area contributed by atoms with E-state index in [1.807, 2.05) is 18.7 Å². The Bertz CT molecular complexity index is 88.2. The van der Waals surface area contributed by atoms with Crippen molar-refractivity contribution in [1.82, 2.24) is 0 Å². The van der Waals surface area contributed by atoms with Crippen LogP contribution in [0.2, 0.25) is 0 Å². The average molecular weight is 177 g/mol. The molecule has 11 heavy (non-hydrogen) atoms. The van der Waals surface area contributed by atoms with Crippen LogP contribution in [0.25, 0.3) is 0 Å². The van der Waals surface area contributed by atoms with Crippen molar-refractivity contribution in [2.75, 3.05) is 11.5 Å². The van der Waals surface area contributed by atoms with Crippen molar-refractivity contribution in [3.05, 3.63) is 0 Å².